The number of hydrazone groups is 1. The molecule has 0 saturated heterocycles. The lowest BCUT2D eigenvalue weighted by Crippen LogP contribution is -2.20. The Labute approximate surface area is 217 Å². The van der Waals surface area contributed by atoms with E-state index in [1.54, 1.807) is 24.3 Å². The number of benzene rings is 3. The van der Waals surface area contributed by atoms with Crippen molar-refractivity contribution >= 4 is 47.1 Å². The Hall–Kier alpha value is -3.33. The molecule has 10 heteroatoms. The Morgan fingerprint density at radius 3 is 2.54 bits per heavy atom. The number of ether oxygens (including phenoxy) is 1. The van der Waals surface area contributed by atoms with Crippen molar-refractivity contribution in [2.24, 2.45) is 5.10 Å². The van der Waals surface area contributed by atoms with Crippen molar-refractivity contribution in [3.05, 3.63) is 88.4 Å². The largest absolute Gasteiger partial charge is 0.494 e. The van der Waals surface area contributed by atoms with Gasteiger partial charge in [0.25, 0.3) is 5.91 Å². The standard InChI is InChI=1S/C25H21Cl2N5O2S/c1-2-34-22-12-10-21(11-13-22)32-24(18-6-8-19(26)9-7-18)30-31-25(32)35-16-23(33)29-28-15-17-4-3-5-20(27)14-17/h3-15H,2,16H2,1H3,(H,29,33)/b28-15-. The first kappa shape index (κ1) is 24.8. The van der Waals surface area contributed by atoms with Gasteiger partial charge in [-0.15, -0.1) is 10.2 Å². The van der Waals surface area contributed by atoms with E-state index in [4.69, 9.17) is 27.9 Å². The van der Waals surface area contributed by atoms with Crippen LogP contribution in [0, 0.1) is 0 Å². The van der Waals surface area contributed by atoms with Crippen molar-refractivity contribution in [2.75, 3.05) is 12.4 Å². The zero-order valence-electron chi connectivity index (χ0n) is 18.7. The lowest BCUT2D eigenvalue weighted by atomic mass is 10.2. The zero-order valence-corrected chi connectivity index (χ0v) is 21.0. The van der Waals surface area contributed by atoms with Crippen LogP contribution in [-0.2, 0) is 4.79 Å². The summed E-state index contributed by atoms with van der Waals surface area (Å²) in [5.41, 5.74) is 4.99. The molecule has 0 spiro atoms. The predicted molar refractivity (Wildman–Crippen MR) is 141 cm³/mol. The molecular weight excluding hydrogens is 505 g/mol. The van der Waals surface area contributed by atoms with Crippen LogP contribution in [0.5, 0.6) is 5.75 Å². The maximum atomic E-state index is 12.4. The number of carbonyl (C=O) groups excluding carboxylic acids is 1. The van der Waals surface area contributed by atoms with Gasteiger partial charge in [-0.3, -0.25) is 9.36 Å². The molecule has 4 rings (SSSR count). The molecule has 4 aromatic rings. The van der Waals surface area contributed by atoms with E-state index >= 15 is 0 Å². The quantitative estimate of drug-likeness (QED) is 0.167. The van der Waals surface area contributed by atoms with Gasteiger partial charge in [-0.1, -0.05) is 47.1 Å². The molecule has 35 heavy (non-hydrogen) atoms. The van der Waals surface area contributed by atoms with Crippen LogP contribution in [0.3, 0.4) is 0 Å². The van der Waals surface area contributed by atoms with Gasteiger partial charge in [0.2, 0.25) is 0 Å². The first-order valence-electron chi connectivity index (χ1n) is 10.7. The van der Waals surface area contributed by atoms with Crippen LogP contribution in [0.4, 0.5) is 0 Å². The molecule has 0 unspecified atom stereocenters. The molecule has 3 aromatic carbocycles. The summed E-state index contributed by atoms with van der Waals surface area (Å²) >= 11 is 13.3. The molecular formula is C25H21Cl2N5O2S. The van der Waals surface area contributed by atoms with Crippen LogP contribution in [0.25, 0.3) is 17.1 Å². The SMILES string of the molecule is CCOc1ccc(-n2c(SCC(=O)N/N=C\c3cccc(Cl)c3)nnc2-c2ccc(Cl)cc2)cc1. The van der Waals surface area contributed by atoms with Crippen LogP contribution < -0.4 is 10.2 Å². The summed E-state index contributed by atoms with van der Waals surface area (Å²) in [6.07, 6.45) is 1.54. The van der Waals surface area contributed by atoms with E-state index in [0.717, 1.165) is 22.6 Å². The van der Waals surface area contributed by atoms with E-state index in [1.807, 2.05) is 60.0 Å². The van der Waals surface area contributed by atoms with E-state index in [2.05, 4.69) is 20.7 Å². The van der Waals surface area contributed by atoms with Crippen molar-refractivity contribution in [3.63, 3.8) is 0 Å². The molecule has 0 aliphatic rings. The molecule has 0 aliphatic heterocycles. The number of aromatic nitrogens is 3. The molecule has 7 nitrogen and oxygen atoms in total. The Morgan fingerprint density at radius 2 is 1.83 bits per heavy atom. The Balaban J connectivity index is 1.52. The summed E-state index contributed by atoms with van der Waals surface area (Å²) in [6, 6.07) is 22.1. The van der Waals surface area contributed by atoms with Gasteiger partial charge in [0, 0.05) is 21.3 Å². The third-order valence-corrected chi connectivity index (χ3v) is 6.14. The zero-order chi connectivity index (χ0) is 24.6. The highest BCUT2D eigenvalue weighted by Gasteiger charge is 2.17. The summed E-state index contributed by atoms with van der Waals surface area (Å²) in [5.74, 6) is 1.22. The van der Waals surface area contributed by atoms with Gasteiger partial charge in [0.05, 0.1) is 18.6 Å². The third-order valence-electron chi connectivity index (χ3n) is 4.73. The van der Waals surface area contributed by atoms with Gasteiger partial charge in [0.15, 0.2) is 11.0 Å². The van der Waals surface area contributed by atoms with E-state index in [9.17, 15) is 4.79 Å². The van der Waals surface area contributed by atoms with Crippen LogP contribution in [0.15, 0.2) is 83.1 Å². The molecule has 1 amide bonds. The average Bonchev–Trinajstić information content (AvgIpc) is 3.28. The second-order valence-electron chi connectivity index (χ2n) is 7.21. The minimum atomic E-state index is -0.275. The van der Waals surface area contributed by atoms with E-state index in [-0.39, 0.29) is 11.7 Å². The highest BCUT2D eigenvalue weighted by atomic mass is 35.5. The molecule has 0 bridgehead atoms. The monoisotopic (exact) mass is 525 g/mol. The van der Waals surface area contributed by atoms with Crippen LogP contribution in [0.1, 0.15) is 12.5 Å². The van der Waals surface area contributed by atoms with Gasteiger partial charge >= 0.3 is 0 Å². The average molecular weight is 526 g/mol. The van der Waals surface area contributed by atoms with Gasteiger partial charge in [-0.2, -0.15) is 5.10 Å². The highest BCUT2D eigenvalue weighted by molar-refractivity contribution is 7.99. The maximum Gasteiger partial charge on any atom is 0.250 e. The number of halogens is 2. The smallest absolute Gasteiger partial charge is 0.250 e. The highest BCUT2D eigenvalue weighted by Crippen LogP contribution is 2.29. The molecule has 0 fully saturated rings. The van der Waals surface area contributed by atoms with Crippen LogP contribution in [0.2, 0.25) is 10.0 Å². The van der Waals surface area contributed by atoms with Gasteiger partial charge < -0.3 is 4.74 Å². The Morgan fingerprint density at radius 1 is 1.06 bits per heavy atom. The van der Waals surface area contributed by atoms with Gasteiger partial charge in [0.1, 0.15) is 5.75 Å². The number of amides is 1. The second kappa shape index (κ2) is 11.9. The summed E-state index contributed by atoms with van der Waals surface area (Å²) < 4.78 is 7.45. The number of nitrogens with zero attached hydrogens (tertiary/aromatic N) is 4. The van der Waals surface area contributed by atoms with Crippen LogP contribution in [-0.4, -0.2) is 39.2 Å². The normalized spacial score (nSPS) is 11.1. The number of carbonyl (C=O) groups is 1. The second-order valence-corrected chi connectivity index (χ2v) is 9.03. The summed E-state index contributed by atoms with van der Waals surface area (Å²) in [6.45, 7) is 2.52. The van der Waals surface area contributed by atoms with Crippen molar-refractivity contribution < 1.29 is 9.53 Å². The lowest BCUT2D eigenvalue weighted by Gasteiger charge is -2.11. The summed E-state index contributed by atoms with van der Waals surface area (Å²) in [7, 11) is 0. The van der Waals surface area contributed by atoms with Crippen molar-refractivity contribution in [3.8, 4) is 22.8 Å². The van der Waals surface area contributed by atoms with Crippen molar-refractivity contribution in [1.82, 2.24) is 20.2 Å². The van der Waals surface area contributed by atoms with Crippen LogP contribution >= 0.6 is 35.0 Å². The van der Waals surface area contributed by atoms with E-state index < -0.39 is 0 Å². The summed E-state index contributed by atoms with van der Waals surface area (Å²) in [4.78, 5) is 12.4. The Bertz CT molecular complexity index is 1320. The topological polar surface area (TPSA) is 81.4 Å². The molecule has 1 N–H and O–H groups in total. The maximum absolute atomic E-state index is 12.4. The molecule has 0 saturated carbocycles. The molecule has 1 aromatic heterocycles. The first-order chi connectivity index (χ1) is 17.0. The fourth-order valence-corrected chi connectivity index (χ4v) is 4.24. The van der Waals surface area contributed by atoms with Crippen molar-refractivity contribution in [1.29, 1.82) is 0 Å². The number of hydrogen-bond acceptors (Lipinski definition) is 6. The number of nitrogens with one attached hydrogen (secondary N) is 1. The fourth-order valence-electron chi connectivity index (χ4n) is 3.17. The number of thioether (sulfide) groups is 1. The van der Waals surface area contributed by atoms with Gasteiger partial charge in [-0.25, -0.2) is 5.43 Å². The minimum Gasteiger partial charge on any atom is -0.494 e. The van der Waals surface area contributed by atoms with E-state index in [0.29, 0.717) is 27.6 Å². The third kappa shape index (κ3) is 6.63. The first-order valence-corrected chi connectivity index (χ1v) is 12.4. The lowest BCUT2D eigenvalue weighted by molar-refractivity contribution is -0.118. The van der Waals surface area contributed by atoms with Crippen molar-refractivity contribution in [2.45, 2.75) is 12.1 Å². The van der Waals surface area contributed by atoms with Gasteiger partial charge in [-0.05, 0) is 73.2 Å². The Kier molecular flexibility index (Phi) is 8.41. The number of rotatable bonds is 9. The molecule has 0 aliphatic carbocycles. The summed E-state index contributed by atoms with van der Waals surface area (Å²) in [5, 5.41) is 14.5. The molecule has 1 heterocycles. The number of hydrogen-bond donors (Lipinski definition) is 1. The van der Waals surface area contributed by atoms with E-state index in [1.165, 1.54) is 18.0 Å². The minimum absolute atomic E-state index is 0.0999. The molecule has 0 atom stereocenters. The molecule has 0 radical (unpaired) electrons. The fraction of sp³-hybridized carbons (Fsp3) is 0.120. The predicted octanol–water partition coefficient (Wildman–Crippen LogP) is 5.88. The molecule has 178 valence electrons.